The fraction of sp³-hybridized carbons (Fsp3) is 0.226. The summed E-state index contributed by atoms with van der Waals surface area (Å²) in [5.74, 6) is -0.367. The molecule has 2 N–H and O–H groups in total. The van der Waals surface area contributed by atoms with Crippen molar-refractivity contribution in [3.8, 4) is 0 Å². The maximum Gasteiger partial charge on any atom is 0.162 e. The van der Waals surface area contributed by atoms with E-state index in [1.54, 1.807) is 28.8 Å². The smallest absolute Gasteiger partial charge is 0.162 e. The van der Waals surface area contributed by atoms with Gasteiger partial charge in [-0.1, -0.05) is 74.0 Å². The van der Waals surface area contributed by atoms with Crippen LogP contribution in [0.3, 0.4) is 0 Å². The first-order chi connectivity index (χ1) is 17.7. The van der Waals surface area contributed by atoms with Crippen LogP contribution in [0.4, 0.5) is 5.69 Å². The van der Waals surface area contributed by atoms with E-state index in [0.29, 0.717) is 40.3 Å². The molecule has 37 heavy (non-hydrogen) atoms. The van der Waals surface area contributed by atoms with Gasteiger partial charge in [-0.3, -0.25) is 15.1 Å². The third-order valence-corrected chi connectivity index (χ3v) is 8.02. The van der Waals surface area contributed by atoms with Gasteiger partial charge in [0, 0.05) is 50.4 Å². The SMILES string of the molecule is CSc1ccc(C2C3=C(CC(C)(C)CC3=O)N(c3cccc(Cl)c3)C(=N)/C2=C(/O)c2ccccc2)cc1. The molecule has 0 amide bonds. The number of hydrogen-bond acceptors (Lipinski definition) is 4. The molecule has 6 heteroatoms. The summed E-state index contributed by atoms with van der Waals surface area (Å²) in [4.78, 5) is 16.8. The number of amidine groups is 1. The first-order valence-corrected chi connectivity index (χ1v) is 13.8. The number of anilines is 1. The first kappa shape index (κ1) is 25.4. The van der Waals surface area contributed by atoms with E-state index in [0.717, 1.165) is 16.2 Å². The predicted octanol–water partition coefficient (Wildman–Crippen LogP) is 8.26. The second-order valence-corrected chi connectivity index (χ2v) is 11.6. The highest BCUT2D eigenvalue weighted by Crippen LogP contribution is 2.51. The van der Waals surface area contributed by atoms with Crippen LogP contribution in [0.15, 0.2) is 101 Å². The van der Waals surface area contributed by atoms with Crippen LogP contribution in [0, 0.1) is 10.8 Å². The summed E-state index contributed by atoms with van der Waals surface area (Å²) in [7, 11) is 0. The predicted molar refractivity (Wildman–Crippen MR) is 154 cm³/mol. The zero-order valence-corrected chi connectivity index (χ0v) is 22.7. The number of hydrogen-bond donors (Lipinski definition) is 2. The van der Waals surface area contributed by atoms with Crippen LogP contribution < -0.4 is 4.90 Å². The number of nitrogens with one attached hydrogen (secondary N) is 1. The summed E-state index contributed by atoms with van der Waals surface area (Å²) in [6, 6.07) is 24.6. The minimum Gasteiger partial charge on any atom is -0.507 e. The molecule has 1 atom stereocenters. The van der Waals surface area contributed by atoms with Gasteiger partial charge in [-0.2, -0.15) is 0 Å². The molecular formula is C31H29ClN2O2S. The van der Waals surface area contributed by atoms with Gasteiger partial charge in [0.1, 0.15) is 11.6 Å². The molecule has 1 aliphatic carbocycles. The molecule has 5 rings (SSSR count). The van der Waals surface area contributed by atoms with Crippen molar-refractivity contribution in [2.45, 2.75) is 37.5 Å². The second-order valence-electron chi connectivity index (χ2n) is 10.3. The number of thioether (sulfide) groups is 1. The summed E-state index contributed by atoms with van der Waals surface area (Å²) in [6.45, 7) is 4.17. The van der Waals surface area contributed by atoms with Gasteiger partial charge in [-0.25, -0.2) is 0 Å². The van der Waals surface area contributed by atoms with E-state index in [2.05, 4.69) is 13.8 Å². The highest BCUT2D eigenvalue weighted by atomic mass is 35.5. The number of allylic oxidation sites excluding steroid dienone is 2. The third-order valence-electron chi connectivity index (χ3n) is 7.04. The summed E-state index contributed by atoms with van der Waals surface area (Å²) < 4.78 is 0. The molecule has 0 radical (unpaired) electrons. The monoisotopic (exact) mass is 528 g/mol. The van der Waals surface area contributed by atoms with Gasteiger partial charge in [0.2, 0.25) is 0 Å². The second kappa shape index (κ2) is 9.88. The van der Waals surface area contributed by atoms with E-state index in [1.165, 1.54) is 0 Å². The van der Waals surface area contributed by atoms with Crippen molar-refractivity contribution in [1.29, 1.82) is 5.41 Å². The van der Waals surface area contributed by atoms with E-state index >= 15 is 0 Å². The maximum atomic E-state index is 13.9. The Labute approximate surface area is 227 Å². The maximum absolute atomic E-state index is 13.9. The lowest BCUT2D eigenvalue weighted by atomic mass is 9.67. The van der Waals surface area contributed by atoms with Gasteiger partial charge in [0.05, 0.1) is 0 Å². The van der Waals surface area contributed by atoms with Crippen LogP contribution >= 0.6 is 23.4 Å². The van der Waals surface area contributed by atoms with Gasteiger partial charge < -0.3 is 5.11 Å². The summed E-state index contributed by atoms with van der Waals surface area (Å²) in [5, 5.41) is 21.7. The zero-order chi connectivity index (χ0) is 26.3. The number of Topliss-reactive ketones (excluding diaryl/α,β-unsaturated/α-hetero) is 1. The summed E-state index contributed by atoms with van der Waals surface area (Å²) in [6.07, 6.45) is 3.05. The molecule has 3 aromatic rings. The number of benzene rings is 3. The molecule has 0 saturated heterocycles. The molecule has 1 aliphatic heterocycles. The van der Waals surface area contributed by atoms with Crippen LogP contribution in [-0.4, -0.2) is 23.0 Å². The Morgan fingerprint density at radius 3 is 2.38 bits per heavy atom. The third kappa shape index (κ3) is 4.74. The molecule has 0 spiro atoms. The molecule has 1 heterocycles. The van der Waals surface area contributed by atoms with Crippen molar-refractivity contribution in [3.05, 3.63) is 112 Å². The molecule has 188 valence electrons. The van der Waals surface area contributed by atoms with E-state index in [1.807, 2.05) is 73.0 Å². The molecule has 1 unspecified atom stereocenters. The van der Waals surface area contributed by atoms with E-state index in [4.69, 9.17) is 11.6 Å². The Morgan fingerprint density at radius 2 is 1.73 bits per heavy atom. The number of aliphatic hydroxyl groups excluding tert-OH is 1. The molecule has 3 aromatic carbocycles. The number of carbonyl (C=O) groups is 1. The van der Waals surface area contributed by atoms with Crippen molar-refractivity contribution in [2.24, 2.45) is 5.41 Å². The number of ketones is 1. The van der Waals surface area contributed by atoms with Gasteiger partial charge in [-0.15, -0.1) is 11.8 Å². The fourth-order valence-electron chi connectivity index (χ4n) is 5.40. The summed E-state index contributed by atoms with van der Waals surface area (Å²) in [5.41, 5.74) is 3.78. The fourth-order valence-corrected chi connectivity index (χ4v) is 5.99. The van der Waals surface area contributed by atoms with Crippen LogP contribution in [0.5, 0.6) is 0 Å². The van der Waals surface area contributed by atoms with Gasteiger partial charge in [0.25, 0.3) is 0 Å². The number of aliphatic hydroxyl groups is 1. The van der Waals surface area contributed by atoms with Crippen molar-refractivity contribution in [2.75, 3.05) is 11.2 Å². The van der Waals surface area contributed by atoms with Gasteiger partial charge in [-0.05, 0) is 54.0 Å². The lowest BCUT2D eigenvalue weighted by Crippen LogP contribution is -2.45. The molecule has 0 bridgehead atoms. The first-order valence-electron chi connectivity index (χ1n) is 12.2. The van der Waals surface area contributed by atoms with E-state index < -0.39 is 5.92 Å². The minimum atomic E-state index is -0.558. The molecule has 0 saturated carbocycles. The Kier molecular flexibility index (Phi) is 6.78. The van der Waals surface area contributed by atoms with Crippen molar-refractivity contribution in [1.82, 2.24) is 0 Å². The van der Waals surface area contributed by atoms with Crippen LogP contribution in [0.1, 0.15) is 43.7 Å². The van der Waals surface area contributed by atoms with Crippen molar-refractivity contribution in [3.63, 3.8) is 0 Å². The van der Waals surface area contributed by atoms with Crippen LogP contribution in [0.2, 0.25) is 5.02 Å². The zero-order valence-electron chi connectivity index (χ0n) is 21.1. The Balaban J connectivity index is 1.84. The molecule has 2 aliphatic rings. The minimum absolute atomic E-state index is 0.000699. The van der Waals surface area contributed by atoms with Crippen molar-refractivity contribution >= 4 is 46.4 Å². The number of nitrogens with zero attached hydrogens (tertiary/aromatic N) is 1. The van der Waals surface area contributed by atoms with Gasteiger partial charge in [0.15, 0.2) is 5.78 Å². The topological polar surface area (TPSA) is 64.4 Å². The molecule has 4 nitrogen and oxygen atoms in total. The molecule has 0 fully saturated rings. The average Bonchev–Trinajstić information content (AvgIpc) is 2.87. The lowest BCUT2D eigenvalue weighted by Gasteiger charge is -2.45. The summed E-state index contributed by atoms with van der Waals surface area (Å²) >= 11 is 8.02. The Bertz CT molecular complexity index is 1440. The lowest BCUT2D eigenvalue weighted by molar-refractivity contribution is -0.118. The van der Waals surface area contributed by atoms with Gasteiger partial charge >= 0.3 is 0 Å². The number of carbonyl (C=O) groups excluding carboxylic acids is 1. The van der Waals surface area contributed by atoms with Crippen LogP contribution in [0.25, 0.3) is 5.76 Å². The van der Waals surface area contributed by atoms with Crippen LogP contribution in [-0.2, 0) is 4.79 Å². The highest BCUT2D eigenvalue weighted by Gasteiger charge is 2.46. The largest absolute Gasteiger partial charge is 0.507 e. The molecule has 0 aromatic heterocycles. The standard InChI is InChI=1S/C31H29ClN2O2S/c1-31(2)17-24-27(25(35)18-31)26(19-12-14-23(37-3)15-13-19)28(29(36)20-8-5-4-6-9-20)30(33)34(24)22-11-7-10-21(32)16-22/h4-16,26,33,36H,17-18H2,1-3H3/b29-28+,33-30?. The van der Waals surface area contributed by atoms with Crippen molar-refractivity contribution < 1.29 is 9.90 Å². The normalized spacial score (nSPS) is 20.6. The molecular weight excluding hydrogens is 500 g/mol. The Hall–Kier alpha value is -3.28. The van der Waals surface area contributed by atoms with E-state index in [9.17, 15) is 15.3 Å². The van der Waals surface area contributed by atoms with E-state index in [-0.39, 0.29) is 22.8 Å². The Morgan fingerprint density at radius 1 is 1.03 bits per heavy atom. The highest BCUT2D eigenvalue weighted by molar-refractivity contribution is 7.98. The average molecular weight is 529 g/mol. The number of rotatable bonds is 4. The quantitative estimate of drug-likeness (QED) is 0.264. The number of halogens is 1.